The molecule has 38 heavy (non-hydrogen) atoms. The summed E-state index contributed by atoms with van der Waals surface area (Å²) in [6.45, 7) is 1.79. The number of hydrogen-bond donors (Lipinski definition) is 2. The molecule has 0 saturated carbocycles. The minimum absolute atomic E-state index is 0.00965. The first-order valence-electron chi connectivity index (χ1n) is 12.3. The van der Waals surface area contributed by atoms with Gasteiger partial charge in [0.1, 0.15) is 11.8 Å². The number of ether oxygens (including phenoxy) is 2. The van der Waals surface area contributed by atoms with Crippen molar-refractivity contribution in [1.82, 2.24) is 5.32 Å². The predicted octanol–water partition coefficient (Wildman–Crippen LogP) is 2.88. The van der Waals surface area contributed by atoms with Gasteiger partial charge in [0.05, 0.1) is 41.4 Å². The van der Waals surface area contributed by atoms with Gasteiger partial charge in [-0.1, -0.05) is 30.3 Å². The van der Waals surface area contributed by atoms with Crippen molar-refractivity contribution >= 4 is 17.5 Å². The Kier molecular flexibility index (Phi) is 5.25. The highest BCUT2D eigenvalue weighted by Crippen LogP contribution is 2.71. The molecule has 198 valence electrons. The van der Waals surface area contributed by atoms with Gasteiger partial charge < -0.3 is 19.9 Å². The van der Waals surface area contributed by atoms with Crippen LogP contribution in [0, 0.1) is 22.7 Å². The summed E-state index contributed by atoms with van der Waals surface area (Å²) in [6.07, 6.45) is -6.75. The summed E-state index contributed by atoms with van der Waals surface area (Å²) >= 11 is 0. The maximum atomic E-state index is 14.4. The van der Waals surface area contributed by atoms with Gasteiger partial charge in [0.2, 0.25) is 11.8 Å². The van der Waals surface area contributed by atoms with E-state index in [1.807, 2.05) is 30.3 Å². The van der Waals surface area contributed by atoms with Gasteiger partial charge in [-0.2, -0.15) is 18.4 Å². The standard InChI is InChI=1S/C27H24F3N3O5/c1-24-12-19(34)25(38-24)9-10-37-21-20(25)26(24,22(35)32-14-15-5-3-2-4-6-15)23(36)33(21)17-8-7-16(13-31)18(11-17)27(28,29)30/h2-8,11,19-21,34H,9-10,12,14H2,1H3,(H,32,35). The van der Waals surface area contributed by atoms with Gasteiger partial charge in [0.25, 0.3) is 0 Å². The highest BCUT2D eigenvalue weighted by molar-refractivity contribution is 6.16. The van der Waals surface area contributed by atoms with Crippen LogP contribution >= 0.6 is 0 Å². The summed E-state index contributed by atoms with van der Waals surface area (Å²) < 4.78 is 53.7. The summed E-state index contributed by atoms with van der Waals surface area (Å²) in [6, 6.07) is 13.6. The molecule has 4 fully saturated rings. The van der Waals surface area contributed by atoms with Gasteiger partial charge in [0, 0.05) is 25.1 Å². The minimum Gasteiger partial charge on any atom is -0.390 e. The van der Waals surface area contributed by atoms with Crippen LogP contribution in [0.5, 0.6) is 0 Å². The van der Waals surface area contributed by atoms with Crippen molar-refractivity contribution in [2.45, 2.75) is 56.0 Å². The van der Waals surface area contributed by atoms with Crippen LogP contribution in [0.2, 0.25) is 0 Å². The van der Waals surface area contributed by atoms with E-state index in [1.54, 1.807) is 6.92 Å². The molecule has 0 aromatic heterocycles. The number of amides is 2. The molecule has 2 aromatic carbocycles. The Morgan fingerprint density at radius 1 is 1.26 bits per heavy atom. The minimum atomic E-state index is -4.84. The van der Waals surface area contributed by atoms with E-state index >= 15 is 0 Å². The number of rotatable bonds is 4. The molecule has 2 aromatic rings. The summed E-state index contributed by atoms with van der Waals surface area (Å²) in [7, 11) is 0. The Bertz CT molecular complexity index is 1380. The quantitative estimate of drug-likeness (QED) is 0.592. The van der Waals surface area contributed by atoms with Crippen molar-refractivity contribution in [3.05, 3.63) is 65.2 Å². The fourth-order valence-electron chi connectivity index (χ4n) is 7.11. The molecule has 11 heteroatoms. The fourth-order valence-corrected chi connectivity index (χ4v) is 7.11. The zero-order valence-corrected chi connectivity index (χ0v) is 20.3. The normalized spacial score (nSPS) is 35.2. The third-order valence-corrected chi connectivity index (χ3v) is 8.63. The molecule has 8 nitrogen and oxygen atoms in total. The average Bonchev–Trinajstić information content (AvgIpc) is 3.41. The number of anilines is 1. The van der Waals surface area contributed by atoms with Gasteiger partial charge >= 0.3 is 6.18 Å². The number of carbonyl (C=O) groups excluding carboxylic acids is 2. The second-order valence-electron chi connectivity index (χ2n) is 10.5. The second kappa shape index (κ2) is 8.02. The zero-order chi connectivity index (χ0) is 27.1. The Hall–Kier alpha value is -3.46. The first-order chi connectivity index (χ1) is 18.0. The number of aliphatic hydroxyl groups excluding tert-OH is 1. The third-order valence-electron chi connectivity index (χ3n) is 8.63. The van der Waals surface area contributed by atoms with E-state index in [0.29, 0.717) is 0 Å². The lowest BCUT2D eigenvalue weighted by molar-refractivity contribution is -0.166. The number of benzene rings is 2. The van der Waals surface area contributed by atoms with Gasteiger partial charge in [-0.25, -0.2) is 0 Å². The highest BCUT2D eigenvalue weighted by Gasteiger charge is 2.87. The van der Waals surface area contributed by atoms with Crippen LogP contribution in [0.15, 0.2) is 48.5 Å². The summed E-state index contributed by atoms with van der Waals surface area (Å²) in [5, 5.41) is 23.1. The van der Waals surface area contributed by atoms with Crippen molar-refractivity contribution in [2.75, 3.05) is 11.5 Å². The lowest BCUT2D eigenvalue weighted by Crippen LogP contribution is -2.65. The lowest BCUT2D eigenvalue weighted by atomic mass is 9.55. The number of nitrogens with one attached hydrogen (secondary N) is 1. The maximum absolute atomic E-state index is 14.4. The topological polar surface area (TPSA) is 112 Å². The molecule has 4 saturated heterocycles. The molecule has 0 radical (unpaired) electrons. The van der Waals surface area contributed by atoms with Gasteiger partial charge in [-0.15, -0.1) is 0 Å². The molecule has 6 rings (SSSR count). The Labute approximate surface area is 215 Å². The largest absolute Gasteiger partial charge is 0.417 e. The molecular weight excluding hydrogens is 503 g/mol. The molecule has 0 aliphatic carbocycles. The van der Waals surface area contributed by atoms with Gasteiger partial charge in [-0.3, -0.25) is 14.5 Å². The Morgan fingerprint density at radius 2 is 2.00 bits per heavy atom. The van der Waals surface area contributed by atoms with Crippen molar-refractivity contribution < 1.29 is 37.3 Å². The van der Waals surface area contributed by atoms with Crippen LogP contribution in [0.25, 0.3) is 0 Å². The van der Waals surface area contributed by atoms with Crippen molar-refractivity contribution in [3.63, 3.8) is 0 Å². The number of alkyl halides is 3. The zero-order valence-electron chi connectivity index (χ0n) is 20.3. The molecule has 6 unspecified atom stereocenters. The Balaban J connectivity index is 1.48. The molecule has 1 spiro atoms. The number of halogens is 3. The average molecular weight is 527 g/mol. The van der Waals surface area contributed by atoms with Crippen molar-refractivity contribution in [2.24, 2.45) is 11.3 Å². The van der Waals surface area contributed by atoms with Crippen molar-refractivity contribution in [3.8, 4) is 6.07 Å². The maximum Gasteiger partial charge on any atom is 0.417 e. The third kappa shape index (κ3) is 3.02. The molecule has 2 N–H and O–H groups in total. The number of fused-ring (bicyclic) bond motifs is 2. The molecule has 6 atom stereocenters. The van der Waals surface area contributed by atoms with Crippen LogP contribution in [0.4, 0.5) is 18.9 Å². The van der Waals surface area contributed by atoms with Crippen LogP contribution in [0.3, 0.4) is 0 Å². The van der Waals surface area contributed by atoms with Gasteiger partial charge in [0.15, 0.2) is 5.41 Å². The smallest absolute Gasteiger partial charge is 0.390 e. The number of nitrogens with zero attached hydrogens (tertiary/aromatic N) is 2. The number of nitriles is 1. The number of carbonyl (C=O) groups is 2. The molecule has 4 aliphatic rings. The van der Waals surface area contributed by atoms with Crippen molar-refractivity contribution in [1.29, 1.82) is 5.26 Å². The lowest BCUT2D eigenvalue weighted by Gasteiger charge is -2.46. The van der Waals surface area contributed by atoms with Crippen LogP contribution in [-0.4, -0.2) is 47.1 Å². The summed E-state index contributed by atoms with van der Waals surface area (Å²) in [5.41, 5.74) is -5.68. The summed E-state index contributed by atoms with van der Waals surface area (Å²) in [4.78, 5) is 29.5. The van der Waals surface area contributed by atoms with Crippen LogP contribution in [0.1, 0.15) is 36.5 Å². The highest BCUT2D eigenvalue weighted by atomic mass is 19.4. The second-order valence-corrected chi connectivity index (χ2v) is 10.5. The van der Waals surface area contributed by atoms with E-state index < -0.39 is 64.0 Å². The fraction of sp³-hybridized carbons (Fsp3) is 0.444. The van der Waals surface area contributed by atoms with E-state index in [2.05, 4.69) is 5.32 Å². The van der Waals surface area contributed by atoms with E-state index in [9.17, 15) is 33.1 Å². The first kappa shape index (κ1) is 24.9. The molecule has 4 aliphatic heterocycles. The van der Waals surface area contributed by atoms with E-state index in [1.165, 1.54) is 12.1 Å². The van der Waals surface area contributed by atoms with E-state index in [-0.39, 0.29) is 31.7 Å². The first-order valence-corrected chi connectivity index (χ1v) is 12.3. The number of aliphatic hydroxyl groups is 1. The summed E-state index contributed by atoms with van der Waals surface area (Å²) in [5.74, 6) is -2.35. The van der Waals surface area contributed by atoms with Crippen LogP contribution < -0.4 is 10.2 Å². The van der Waals surface area contributed by atoms with Crippen LogP contribution in [-0.2, 0) is 31.8 Å². The van der Waals surface area contributed by atoms with E-state index in [0.717, 1.165) is 22.6 Å². The molecule has 2 bridgehead atoms. The molecule has 2 amide bonds. The SMILES string of the molecule is CC12CC(O)C3(CCOC4C3C1(C(=O)NCc1ccccc1)C(=O)N4c1ccc(C#N)c(C(F)(F)F)c1)O2. The Morgan fingerprint density at radius 3 is 2.68 bits per heavy atom. The molecular formula is C27H24F3N3O5. The predicted molar refractivity (Wildman–Crippen MR) is 125 cm³/mol. The monoisotopic (exact) mass is 527 g/mol. The number of hydrogen-bond acceptors (Lipinski definition) is 6. The van der Waals surface area contributed by atoms with Gasteiger partial charge in [-0.05, 0) is 30.7 Å². The molecule has 4 heterocycles. The van der Waals surface area contributed by atoms with E-state index in [4.69, 9.17) is 9.47 Å².